The van der Waals surface area contributed by atoms with Crippen molar-refractivity contribution in [3.63, 3.8) is 0 Å². The molecule has 0 saturated heterocycles. The molecule has 1 aliphatic rings. The highest BCUT2D eigenvalue weighted by molar-refractivity contribution is 5.45. The summed E-state index contributed by atoms with van der Waals surface area (Å²) in [7, 11) is 0. The number of hydrogen-bond donors (Lipinski definition) is 0. The molecular formula is C15H23N. The molecule has 1 saturated carbocycles. The Morgan fingerprint density at radius 3 is 2.38 bits per heavy atom. The van der Waals surface area contributed by atoms with E-state index in [9.17, 15) is 0 Å². The lowest BCUT2D eigenvalue weighted by molar-refractivity contribution is 0.359. The lowest BCUT2D eigenvalue weighted by Gasteiger charge is -2.30. The van der Waals surface area contributed by atoms with E-state index in [1.54, 1.807) is 0 Å². The molecule has 16 heavy (non-hydrogen) atoms. The first-order chi connectivity index (χ1) is 7.90. The van der Waals surface area contributed by atoms with Crippen LogP contribution >= 0.6 is 0 Å². The molecule has 1 nitrogen and oxygen atoms in total. The largest absolute Gasteiger partial charge is 0.372 e. The van der Waals surface area contributed by atoms with Crippen molar-refractivity contribution in [1.29, 1.82) is 0 Å². The fraction of sp³-hybridized carbons (Fsp3) is 0.600. The van der Waals surface area contributed by atoms with Crippen molar-refractivity contribution in [3.05, 3.63) is 30.3 Å². The van der Waals surface area contributed by atoms with Gasteiger partial charge in [0.15, 0.2) is 0 Å². The molecule has 1 heteroatoms. The maximum absolute atomic E-state index is 2.52. The van der Waals surface area contributed by atoms with Gasteiger partial charge in [-0.3, -0.25) is 0 Å². The molecule has 88 valence electrons. The molecule has 1 fully saturated rings. The summed E-state index contributed by atoms with van der Waals surface area (Å²) in [6.07, 6.45) is 7.20. The van der Waals surface area contributed by atoms with Gasteiger partial charge < -0.3 is 4.90 Å². The highest BCUT2D eigenvalue weighted by Crippen LogP contribution is 2.26. The van der Waals surface area contributed by atoms with Gasteiger partial charge in [-0.2, -0.15) is 0 Å². The zero-order valence-electron chi connectivity index (χ0n) is 10.4. The molecule has 0 spiro atoms. The third-order valence-corrected chi connectivity index (χ3v) is 3.71. The van der Waals surface area contributed by atoms with E-state index >= 15 is 0 Å². The third-order valence-electron chi connectivity index (χ3n) is 3.71. The van der Waals surface area contributed by atoms with Crippen molar-refractivity contribution in [3.8, 4) is 0 Å². The van der Waals surface area contributed by atoms with Crippen LogP contribution in [0, 0.1) is 5.92 Å². The van der Waals surface area contributed by atoms with Crippen molar-refractivity contribution in [2.75, 3.05) is 18.0 Å². The Hall–Kier alpha value is -0.980. The van der Waals surface area contributed by atoms with Gasteiger partial charge in [0, 0.05) is 18.8 Å². The second-order valence-corrected chi connectivity index (χ2v) is 4.88. The average Bonchev–Trinajstić information content (AvgIpc) is 2.38. The van der Waals surface area contributed by atoms with Crippen molar-refractivity contribution in [1.82, 2.24) is 0 Å². The standard InChI is InChI=1S/C15H23N/c1-2-16(15-11-7-4-8-12-15)13-14-9-5-3-6-10-14/h4,7-8,11-12,14H,2-3,5-6,9-10,13H2,1H3. The predicted molar refractivity (Wildman–Crippen MR) is 70.9 cm³/mol. The van der Waals surface area contributed by atoms with E-state index in [2.05, 4.69) is 42.2 Å². The average molecular weight is 217 g/mol. The molecule has 0 radical (unpaired) electrons. The van der Waals surface area contributed by atoms with Crippen molar-refractivity contribution < 1.29 is 0 Å². The van der Waals surface area contributed by atoms with Crippen LogP contribution in [0.1, 0.15) is 39.0 Å². The Kier molecular flexibility index (Phi) is 4.26. The molecule has 1 aromatic rings. The first-order valence-electron chi connectivity index (χ1n) is 6.70. The lowest BCUT2D eigenvalue weighted by atomic mass is 9.89. The summed E-state index contributed by atoms with van der Waals surface area (Å²) in [5.74, 6) is 0.925. The number of para-hydroxylation sites is 1. The number of rotatable bonds is 4. The van der Waals surface area contributed by atoms with Gasteiger partial charge in [-0.25, -0.2) is 0 Å². The molecule has 0 N–H and O–H groups in total. The fourth-order valence-corrected chi connectivity index (χ4v) is 2.74. The Morgan fingerprint density at radius 2 is 1.75 bits per heavy atom. The van der Waals surface area contributed by atoms with Crippen LogP contribution < -0.4 is 4.90 Å². The van der Waals surface area contributed by atoms with E-state index in [0.29, 0.717) is 0 Å². The second-order valence-electron chi connectivity index (χ2n) is 4.88. The number of anilines is 1. The van der Waals surface area contributed by atoms with Crippen LogP contribution in [0.4, 0.5) is 5.69 Å². The Morgan fingerprint density at radius 1 is 1.06 bits per heavy atom. The van der Waals surface area contributed by atoms with Crippen LogP contribution in [-0.4, -0.2) is 13.1 Å². The monoisotopic (exact) mass is 217 g/mol. The van der Waals surface area contributed by atoms with E-state index in [4.69, 9.17) is 0 Å². The maximum atomic E-state index is 2.52. The summed E-state index contributed by atoms with van der Waals surface area (Å²) in [5, 5.41) is 0. The lowest BCUT2D eigenvalue weighted by Crippen LogP contribution is -2.30. The summed E-state index contributed by atoms with van der Waals surface area (Å²) < 4.78 is 0. The van der Waals surface area contributed by atoms with E-state index in [1.165, 1.54) is 44.3 Å². The number of benzene rings is 1. The van der Waals surface area contributed by atoms with Gasteiger partial charge >= 0.3 is 0 Å². The second kappa shape index (κ2) is 5.93. The SMILES string of the molecule is CCN(CC1CCCCC1)c1ccccc1. The van der Waals surface area contributed by atoms with Gasteiger partial charge in [-0.05, 0) is 37.8 Å². The maximum Gasteiger partial charge on any atom is 0.0366 e. The summed E-state index contributed by atoms with van der Waals surface area (Å²) >= 11 is 0. The highest BCUT2D eigenvalue weighted by Gasteiger charge is 2.16. The first-order valence-corrected chi connectivity index (χ1v) is 6.70. The van der Waals surface area contributed by atoms with E-state index in [0.717, 1.165) is 12.5 Å². The zero-order valence-corrected chi connectivity index (χ0v) is 10.4. The molecule has 0 heterocycles. The predicted octanol–water partition coefficient (Wildman–Crippen LogP) is 4.09. The minimum Gasteiger partial charge on any atom is -0.372 e. The molecule has 0 aliphatic heterocycles. The summed E-state index contributed by atoms with van der Waals surface area (Å²) in [5.41, 5.74) is 1.38. The van der Waals surface area contributed by atoms with Crippen LogP contribution in [0.5, 0.6) is 0 Å². The van der Waals surface area contributed by atoms with E-state index in [1.807, 2.05) is 0 Å². The van der Waals surface area contributed by atoms with Crippen LogP contribution in [0.25, 0.3) is 0 Å². The quantitative estimate of drug-likeness (QED) is 0.734. The summed E-state index contributed by atoms with van der Waals surface area (Å²) in [4.78, 5) is 2.52. The third kappa shape index (κ3) is 3.01. The Bertz CT molecular complexity index is 288. The molecule has 0 unspecified atom stereocenters. The van der Waals surface area contributed by atoms with Gasteiger partial charge in [0.2, 0.25) is 0 Å². The van der Waals surface area contributed by atoms with Gasteiger partial charge in [-0.15, -0.1) is 0 Å². The zero-order chi connectivity index (χ0) is 11.2. The minimum atomic E-state index is 0.925. The molecule has 2 rings (SSSR count). The molecule has 0 aromatic heterocycles. The summed E-state index contributed by atoms with van der Waals surface area (Å²) in [6.45, 7) is 4.64. The Labute approximate surface area is 99.5 Å². The molecule has 0 atom stereocenters. The van der Waals surface area contributed by atoms with Gasteiger partial charge in [0.05, 0.1) is 0 Å². The normalized spacial score (nSPS) is 17.3. The van der Waals surface area contributed by atoms with Crippen molar-refractivity contribution >= 4 is 5.69 Å². The molecular weight excluding hydrogens is 194 g/mol. The van der Waals surface area contributed by atoms with E-state index in [-0.39, 0.29) is 0 Å². The molecule has 0 amide bonds. The number of hydrogen-bond acceptors (Lipinski definition) is 1. The van der Waals surface area contributed by atoms with Gasteiger partial charge in [-0.1, -0.05) is 37.5 Å². The smallest absolute Gasteiger partial charge is 0.0366 e. The topological polar surface area (TPSA) is 3.24 Å². The van der Waals surface area contributed by atoms with Gasteiger partial charge in [0.1, 0.15) is 0 Å². The number of nitrogens with zero attached hydrogens (tertiary/aromatic N) is 1. The molecule has 0 bridgehead atoms. The molecule has 1 aromatic carbocycles. The van der Waals surface area contributed by atoms with Crippen LogP contribution in [0.3, 0.4) is 0 Å². The fourth-order valence-electron chi connectivity index (χ4n) is 2.74. The van der Waals surface area contributed by atoms with Gasteiger partial charge in [0.25, 0.3) is 0 Å². The Balaban J connectivity index is 1.94. The molecule has 1 aliphatic carbocycles. The van der Waals surface area contributed by atoms with E-state index < -0.39 is 0 Å². The first kappa shape index (κ1) is 11.5. The van der Waals surface area contributed by atoms with Crippen LogP contribution in [-0.2, 0) is 0 Å². The van der Waals surface area contributed by atoms with Crippen LogP contribution in [0.2, 0.25) is 0 Å². The van der Waals surface area contributed by atoms with Crippen LogP contribution in [0.15, 0.2) is 30.3 Å². The highest BCUT2D eigenvalue weighted by atomic mass is 15.1. The summed E-state index contributed by atoms with van der Waals surface area (Å²) in [6, 6.07) is 10.8. The van der Waals surface area contributed by atoms with Crippen molar-refractivity contribution in [2.45, 2.75) is 39.0 Å². The van der Waals surface area contributed by atoms with Crippen molar-refractivity contribution in [2.24, 2.45) is 5.92 Å². The minimum absolute atomic E-state index is 0.925.